The molecule has 1 aliphatic rings. The van der Waals surface area contributed by atoms with Gasteiger partial charge in [-0.2, -0.15) is 0 Å². The number of halogens is 1. The summed E-state index contributed by atoms with van der Waals surface area (Å²) in [6.45, 7) is 2.20. The van der Waals surface area contributed by atoms with Crippen molar-refractivity contribution in [1.82, 2.24) is 0 Å². The Balaban J connectivity index is 2.21. The lowest BCUT2D eigenvalue weighted by Gasteiger charge is -2.06. The normalized spacial score (nSPS) is 17.1. The topological polar surface area (TPSA) is 0 Å². The van der Waals surface area contributed by atoms with Crippen molar-refractivity contribution < 1.29 is 0 Å². The molecule has 0 saturated carbocycles. The number of aryl methyl sites for hydroxylation is 2. The van der Waals surface area contributed by atoms with Gasteiger partial charge in [-0.05, 0) is 42.4 Å². The summed E-state index contributed by atoms with van der Waals surface area (Å²) in [5.41, 5.74) is 4.64. The molecule has 0 nitrogen and oxygen atoms in total. The van der Waals surface area contributed by atoms with Gasteiger partial charge in [0.1, 0.15) is 0 Å². The minimum atomic E-state index is 0.590. The predicted octanol–water partition coefficient (Wildman–Crippen LogP) is 3.50. The van der Waals surface area contributed by atoms with Gasteiger partial charge in [0.2, 0.25) is 0 Å². The van der Waals surface area contributed by atoms with Crippen molar-refractivity contribution >= 4 is 15.9 Å². The van der Waals surface area contributed by atoms with Gasteiger partial charge in [-0.15, -0.1) is 0 Å². The molecule has 0 heterocycles. The summed E-state index contributed by atoms with van der Waals surface area (Å²) in [4.78, 5) is 0.590. The van der Waals surface area contributed by atoms with Crippen molar-refractivity contribution in [3.05, 3.63) is 34.9 Å². The summed E-state index contributed by atoms with van der Waals surface area (Å²) in [6.07, 6.45) is 5.08. The zero-order valence-corrected chi connectivity index (χ0v) is 9.60. The Morgan fingerprint density at radius 2 is 2.08 bits per heavy atom. The lowest BCUT2D eigenvalue weighted by Crippen LogP contribution is -1.97. The fourth-order valence-electron chi connectivity index (χ4n) is 2.08. The zero-order chi connectivity index (χ0) is 9.26. The highest BCUT2D eigenvalue weighted by Gasteiger charge is 2.10. The van der Waals surface area contributed by atoms with Crippen molar-refractivity contribution in [3.63, 3.8) is 0 Å². The van der Waals surface area contributed by atoms with Crippen molar-refractivity contribution in [3.8, 4) is 0 Å². The van der Waals surface area contributed by atoms with E-state index in [1.165, 1.54) is 24.8 Å². The lowest BCUT2D eigenvalue weighted by molar-refractivity contribution is 0.910. The third kappa shape index (κ3) is 2.14. The molecular weight excluding hydrogens is 224 g/mol. The largest absolute Gasteiger partial charge is 0.0890 e. The number of hydrogen-bond donors (Lipinski definition) is 0. The fraction of sp³-hybridized carbons (Fsp3) is 0.500. The highest BCUT2D eigenvalue weighted by Crippen LogP contribution is 2.23. The SMILES string of the molecule is CC(Br)Cc1ccc2c(c1)CCC2. The van der Waals surface area contributed by atoms with Gasteiger partial charge in [-0.1, -0.05) is 41.1 Å². The lowest BCUT2D eigenvalue weighted by atomic mass is 10.0. The Bertz CT molecular complexity index is 302. The maximum Gasteiger partial charge on any atom is 0.0157 e. The summed E-state index contributed by atoms with van der Waals surface area (Å²) in [5.74, 6) is 0. The Labute approximate surface area is 88.5 Å². The quantitative estimate of drug-likeness (QED) is 0.693. The first-order valence-electron chi connectivity index (χ1n) is 5.00. The van der Waals surface area contributed by atoms with E-state index in [1.54, 1.807) is 11.1 Å². The third-order valence-electron chi connectivity index (χ3n) is 2.68. The first-order chi connectivity index (χ1) is 6.25. The predicted molar refractivity (Wildman–Crippen MR) is 60.6 cm³/mol. The fourth-order valence-corrected chi connectivity index (χ4v) is 2.45. The van der Waals surface area contributed by atoms with Crippen LogP contribution in [0.4, 0.5) is 0 Å². The van der Waals surface area contributed by atoms with Crippen LogP contribution in [0.5, 0.6) is 0 Å². The smallest absolute Gasteiger partial charge is 0.0157 e. The van der Waals surface area contributed by atoms with Gasteiger partial charge in [-0.3, -0.25) is 0 Å². The average molecular weight is 239 g/mol. The summed E-state index contributed by atoms with van der Waals surface area (Å²) in [6, 6.07) is 6.98. The molecule has 0 bridgehead atoms. The Morgan fingerprint density at radius 3 is 2.85 bits per heavy atom. The minimum Gasteiger partial charge on any atom is -0.0890 e. The Hall–Kier alpha value is -0.300. The molecule has 0 saturated heterocycles. The van der Waals surface area contributed by atoms with Gasteiger partial charge < -0.3 is 0 Å². The second-order valence-corrected chi connectivity index (χ2v) is 5.50. The minimum absolute atomic E-state index is 0.590. The molecule has 1 atom stereocenters. The van der Waals surface area contributed by atoms with Gasteiger partial charge >= 0.3 is 0 Å². The van der Waals surface area contributed by atoms with Crippen LogP contribution in [-0.2, 0) is 19.3 Å². The van der Waals surface area contributed by atoms with Crippen molar-refractivity contribution in [2.45, 2.75) is 37.4 Å². The molecule has 0 amide bonds. The van der Waals surface area contributed by atoms with Crippen LogP contribution in [-0.4, -0.2) is 4.83 Å². The van der Waals surface area contributed by atoms with Crippen LogP contribution in [0.15, 0.2) is 18.2 Å². The van der Waals surface area contributed by atoms with Gasteiger partial charge in [0.05, 0.1) is 0 Å². The zero-order valence-electron chi connectivity index (χ0n) is 8.02. The van der Waals surface area contributed by atoms with Gasteiger partial charge in [0.25, 0.3) is 0 Å². The van der Waals surface area contributed by atoms with E-state index in [2.05, 4.69) is 41.1 Å². The molecule has 70 valence electrons. The molecule has 0 aromatic heterocycles. The first kappa shape index (κ1) is 9.26. The van der Waals surface area contributed by atoms with E-state index < -0.39 is 0 Å². The molecule has 1 aliphatic carbocycles. The van der Waals surface area contributed by atoms with E-state index in [-0.39, 0.29) is 0 Å². The van der Waals surface area contributed by atoms with Crippen LogP contribution in [0.2, 0.25) is 0 Å². The standard InChI is InChI=1S/C12H15Br/c1-9(13)7-10-5-6-11-3-2-4-12(11)8-10/h5-6,8-9H,2-4,7H2,1H3. The summed E-state index contributed by atoms with van der Waals surface area (Å²) >= 11 is 3.59. The van der Waals surface area contributed by atoms with Gasteiger partial charge in [0, 0.05) is 4.83 Å². The van der Waals surface area contributed by atoms with Crippen molar-refractivity contribution in [2.75, 3.05) is 0 Å². The second-order valence-electron chi connectivity index (χ2n) is 3.94. The second kappa shape index (κ2) is 3.83. The molecular formula is C12H15Br. The first-order valence-corrected chi connectivity index (χ1v) is 5.92. The molecule has 1 aromatic rings. The van der Waals surface area contributed by atoms with E-state index >= 15 is 0 Å². The molecule has 0 aliphatic heterocycles. The van der Waals surface area contributed by atoms with E-state index in [4.69, 9.17) is 0 Å². The number of alkyl halides is 1. The molecule has 0 fully saturated rings. The van der Waals surface area contributed by atoms with Gasteiger partial charge in [0.15, 0.2) is 0 Å². The summed E-state index contributed by atoms with van der Waals surface area (Å²) < 4.78 is 0. The van der Waals surface area contributed by atoms with Crippen LogP contribution in [0, 0.1) is 0 Å². The van der Waals surface area contributed by atoms with Crippen molar-refractivity contribution in [2.24, 2.45) is 0 Å². The van der Waals surface area contributed by atoms with Crippen LogP contribution in [0.25, 0.3) is 0 Å². The highest BCUT2D eigenvalue weighted by molar-refractivity contribution is 9.09. The molecule has 0 radical (unpaired) electrons. The van der Waals surface area contributed by atoms with Crippen LogP contribution in [0.1, 0.15) is 30.0 Å². The number of benzene rings is 1. The summed E-state index contributed by atoms with van der Waals surface area (Å²) in [7, 11) is 0. The molecule has 1 heteroatoms. The van der Waals surface area contributed by atoms with Crippen molar-refractivity contribution in [1.29, 1.82) is 0 Å². The molecule has 0 N–H and O–H groups in total. The van der Waals surface area contributed by atoms with E-state index in [0.29, 0.717) is 4.83 Å². The monoisotopic (exact) mass is 238 g/mol. The van der Waals surface area contributed by atoms with E-state index in [9.17, 15) is 0 Å². The molecule has 13 heavy (non-hydrogen) atoms. The van der Waals surface area contributed by atoms with E-state index in [0.717, 1.165) is 6.42 Å². The highest BCUT2D eigenvalue weighted by atomic mass is 79.9. The number of hydrogen-bond acceptors (Lipinski definition) is 0. The Morgan fingerprint density at radius 1 is 1.31 bits per heavy atom. The Kier molecular flexibility index (Phi) is 2.73. The summed E-state index contributed by atoms with van der Waals surface area (Å²) in [5, 5.41) is 0. The van der Waals surface area contributed by atoms with Crippen LogP contribution < -0.4 is 0 Å². The third-order valence-corrected chi connectivity index (χ3v) is 3.00. The maximum atomic E-state index is 3.59. The molecule has 0 spiro atoms. The van der Waals surface area contributed by atoms with Gasteiger partial charge in [-0.25, -0.2) is 0 Å². The van der Waals surface area contributed by atoms with Crippen LogP contribution in [0.3, 0.4) is 0 Å². The molecule has 2 rings (SSSR count). The average Bonchev–Trinajstić information content (AvgIpc) is 2.49. The maximum absolute atomic E-state index is 3.59. The van der Waals surface area contributed by atoms with E-state index in [1.807, 2.05) is 0 Å². The number of fused-ring (bicyclic) bond motifs is 1. The molecule has 1 aromatic carbocycles. The molecule has 1 unspecified atom stereocenters. The van der Waals surface area contributed by atoms with Crippen LogP contribution >= 0.6 is 15.9 Å². The number of rotatable bonds is 2.